The third-order valence-electron chi connectivity index (χ3n) is 3.43. The zero-order valence-electron chi connectivity index (χ0n) is 12.6. The van der Waals surface area contributed by atoms with Gasteiger partial charge >= 0.3 is 0 Å². The number of nitrogens with one attached hydrogen (secondary N) is 1. The van der Waals surface area contributed by atoms with Crippen LogP contribution in [0.15, 0.2) is 47.4 Å². The molecular weight excluding hydrogens is 324 g/mol. The van der Waals surface area contributed by atoms with Gasteiger partial charge in [0.15, 0.2) is 11.6 Å². The minimum atomic E-state index is -3.83. The minimum absolute atomic E-state index is 0.0624. The maximum absolute atomic E-state index is 13.2. The molecule has 2 aromatic rings. The summed E-state index contributed by atoms with van der Waals surface area (Å²) in [6.45, 7) is 3.27. The highest BCUT2D eigenvalue weighted by Gasteiger charge is 2.24. The van der Waals surface area contributed by atoms with E-state index in [9.17, 15) is 22.3 Å². The van der Waals surface area contributed by atoms with Crippen molar-refractivity contribution in [2.45, 2.75) is 30.9 Å². The van der Waals surface area contributed by atoms with E-state index in [0.717, 1.165) is 17.7 Å². The number of aliphatic hydroxyl groups is 1. The fourth-order valence-electron chi connectivity index (χ4n) is 2.08. The third kappa shape index (κ3) is 4.13. The third-order valence-corrected chi connectivity index (χ3v) is 5.01. The predicted molar refractivity (Wildman–Crippen MR) is 82.3 cm³/mol. The molecule has 0 saturated carbocycles. The van der Waals surface area contributed by atoms with Gasteiger partial charge in [0.05, 0.1) is 11.0 Å². The molecule has 0 fully saturated rings. The van der Waals surface area contributed by atoms with Gasteiger partial charge in [0.1, 0.15) is 0 Å². The molecule has 4 nitrogen and oxygen atoms in total. The molecule has 0 radical (unpaired) electrons. The Hall–Kier alpha value is -1.83. The van der Waals surface area contributed by atoms with E-state index in [2.05, 4.69) is 4.72 Å². The van der Waals surface area contributed by atoms with Gasteiger partial charge in [-0.05, 0) is 43.7 Å². The molecule has 2 N–H and O–H groups in total. The fourth-order valence-corrected chi connectivity index (χ4v) is 3.33. The molecule has 0 aromatic heterocycles. The Morgan fingerprint density at radius 1 is 1.04 bits per heavy atom. The van der Waals surface area contributed by atoms with Crippen LogP contribution in [0.3, 0.4) is 0 Å². The van der Waals surface area contributed by atoms with Crippen molar-refractivity contribution in [1.82, 2.24) is 4.72 Å². The Balaban J connectivity index is 2.18. The van der Waals surface area contributed by atoms with Crippen molar-refractivity contribution >= 4 is 10.0 Å². The van der Waals surface area contributed by atoms with Crippen molar-refractivity contribution in [2.75, 3.05) is 0 Å². The first kappa shape index (κ1) is 17.5. The highest BCUT2D eigenvalue weighted by molar-refractivity contribution is 7.89. The van der Waals surface area contributed by atoms with Crippen LogP contribution in [0, 0.1) is 18.6 Å². The van der Waals surface area contributed by atoms with Gasteiger partial charge in [-0.2, -0.15) is 0 Å². The van der Waals surface area contributed by atoms with Crippen LogP contribution in [-0.4, -0.2) is 19.6 Å². The molecule has 2 rings (SSSR count). The van der Waals surface area contributed by atoms with Crippen molar-refractivity contribution in [2.24, 2.45) is 0 Å². The van der Waals surface area contributed by atoms with Gasteiger partial charge in [0, 0.05) is 6.04 Å². The Labute approximate surface area is 133 Å². The van der Waals surface area contributed by atoms with Crippen LogP contribution in [-0.2, 0) is 10.0 Å². The van der Waals surface area contributed by atoms with E-state index in [1.54, 1.807) is 12.1 Å². The van der Waals surface area contributed by atoms with E-state index in [1.807, 2.05) is 6.92 Å². The van der Waals surface area contributed by atoms with Crippen LogP contribution in [0.5, 0.6) is 0 Å². The van der Waals surface area contributed by atoms with Gasteiger partial charge in [-0.25, -0.2) is 21.9 Å². The SMILES string of the molecule is Cc1ccc(S(=O)(=O)NC(C)C(O)c2ccc(F)c(F)c2)cc1. The Morgan fingerprint density at radius 3 is 2.22 bits per heavy atom. The zero-order valence-corrected chi connectivity index (χ0v) is 13.4. The molecule has 7 heteroatoms. The van der Waals surface area contributed by atoms with Crippen molar-refractivity contribution < 1.29 is 22.3 Å². The number of hydrogen-bond donors (Lipinski definition) is 2. The maximum Gasteiger partial charge on any atom is 0.240 e. The number of benzene rings is 2. The highest BCUT2D eigenvalue weighted by atomic mass is 32.2. The summed E-state index contributed by atoms with van der Waals surface area (Å²) in [7, 11) is -3.83. The number of sulfonamides is 1. The minimum Gasteiger partial charge on any atom is -0.387 e. The van der Waals surface area contributed by atoms with Crippen LogP contribution in [0.2, 0.25) is 0 Å². The van der Waals surface area contributed by atoms with Crippen molar-refractivity contribution in [3.8, 4) is 0 Å². The molecule has 0 amide bonds. The lowest BCUT2D eigenvalue weighted by molar-refractivity contribution is 0.146. The summed E-state index contributed by atoms with van der Waals surface area (Å²) in [4.78, 5) is 0.0624. The summed E-state index contributed by atoms with van der Waals surface area (Å²) < 4.78 is 53.0. The highest BCUT2D eigenvalue weighted by Crippen LogP contribution is 2.21. The summed E-state index contributed by atoms with van der Waals surface area (Å²) in [5, 5.41) is 10.1. The largest absolute Gasteiger partial charge is 0.387 e. The number of aryl methyl sites for hydroxylation is 1. The second-order valence-corrected chi connectivity index (χ2v) is 7.06. The molecule has 0 aliphatic carbocycles. The summed E-state index contributed by atoms with van der Waals surface area (Å²) in [6, 6.07) is 8.23. The van der Waals surface area contributed by atoms with E-state index < -0.39 is 33.8 Å². The lowest BCUT2D eigenvalue weighted by atomic mass is 10.0. The van der Waals surface area contributed by atoms with Gasteiger partial charge in [0.2, 0.25) is 10.0 Å². The average molecular weight is 341 g/mol. The molecule has 0 heterocycles. The summed E-state index contributed by atoms with van der Waals surface area (Å²) in [6.07, 6.45) is -1.31. The summed E-state index contributed by atoms with van der Waals surface area (Å²) in [5.74, 6) is -2.14. The van der Waals surface area contributed by atoms with Gasteiger partial charge in [-0.1, -0.05) is 23.8 Å². The molecule has 0 aliphatic heterocycles. The molecule has 2 atom stereocenters. The van der Waals surface area contributed by atoms with Crippen LogP contribution in [0.25, 0.3) is 0 Å². The molecule has 2 aromatic carbocycles. The standard InChI is InChI=1S/C16H17F2NO3S/c1-10-3-6-13(7-4-10)23(21,22)19-11(2)16(20)12-5-8-14(17)15(18)9-12/h3-9,11,16,19-20H,1-2H3. The molecule has 23 heavy (non-hydrogen) atoms. The normalized spacial score (nSPS) is 14.5. The number of hydrogen-bond acceptors (Lipinski definition) is 3. The first-order valence-corrected chi connectivity index (χ1v) is 8.41. The van der Waals surface area contributed by atoms with Crippen LogP contribution in [0.1, 0.15) is 24.2 Å². The van der Waals surface area contributed by atoms with Crippen LogP contribution in [0.4, 0.5) is 8.78 Å². The second kappa shape index (κ2) is 6.74. The summed E-state index contributed by atoms with van der Waals surface area (Å²) in [5.41, 5.74) is 1.00. The molecule has 0 saturated heterocycles. The summed E-state index contributed by atoms with van der Waals surface area (Å²) >= 11 is 0. The zero-order chi connectivity index (χ0) is 17.2. The lowest BCUT2D eigenvalue weighted by Gasteiger charge is -2.20. The van der Waals surface area contributed by atoms with Crippen LogP contribution >= 0.6 is 0 Å². The number of halogens is 2. The monoisotopic (exact) mass is 341 g/mol. The van der Waals surface area contributed by atoms with Crippen molar-refractivity contribution in [3.63, 3.8) is 0 Å². The first-order chi connectivity index (χ1) is 10.7. The Morgan fingerprint density at radius 2 is 1.65 bits per heavy atom. The number of aliphatic hydroxyl groups excluding tert-OH is 1. The topological polar surface area (TPSA) is 66.4 Å². The van der Waals surface area contributed by atoms with Crippen molar-refractivity contribution in [1.29, 1.82) is 0 Å². The molecule has 2 unspecified atom stereocenters. The van der Waals surface area contributed by atoms with Crippen LogP contribution < -0.4 is 4.72 Å². The Kier molecular flexibility index (Phi) is 5.13. The fraction of sp³-hybridized carbons (Fsp3) is 0.250. The van der Waals surface area contributed by atoms with E-state index in [0.29, 0.717) is 0 Å². The first-order valence-electron chi connectivity index (χ1n) is 6.93. The lowest BCUT2D eigenvalue weighted by Crippen LogP contribution is -2.37. The van der Waals surface area contributed by atoms with E-state index >= 15 is 0 Å². The maximum atomic E-state index is 13.2. The Bertz CT molecular complexity index is 791. The van der Waals surface area contributed by atoms with Crippen molar-refractivity contribution in [3.05, 3.63) is 65.2 Å². The molecular formula is C16H17F2NO3S. The van der Waals surface area contributed by atoms with E-state index in [-0.39, 0.29) is 10.5 Å². The van der Waals surface area contributed by atoms with Gasteiger partial charge in [-0.3, -0.25) is 0 Å². The molecule has 124 valence electrons. The van der Waals surface area contributed by atoms with Gasteiger partial charge in [0.25, 0.3) is 0 Å². The predicted octanol–water partition coefficient (Wildman–Crippen LogP) is 2.67. The second-order valence-electron chi connectivity index (χ2n) is 5.34. The van der Waals surface area contributed by atoms with E-state index in [4.69, 9.17) is 0 Å². The quantitative estimate of drug-likeness (QED) is 0.879. The van der Waals surface area contributed by atoms with E-state index in [1.165, 1.54) is 25.1 Å². The molecule has 0 spiro atoms. The smallest absolute Gasteiger partial charge is 0.240 e. The molecule has 0 aliphatic rings. The number of rotatable bonds is 5. The van der Waals surface area contributed by atoms with Gasteiger partial charge in [-0.15, -0.1) is 0 Å². The van der Waals surface area contributed by atoms with Gasteiger partial charge < -0.3 is 5.11 Å². The molecule has 0 bridgehead atoms. The average Bonchev–Trinajstić information content (AvgIpc) is 2.49.